The van der Waals surface area contributed by atoms with Crippen LogP contribution in [-0.2, 0) is 6.54 Å². The molecule has 2 aromatic rings. The predicted molar refractivity (Wildman–Crippen MR) is 80.6 cm³/mol. The molecule has 0 saturated heterocycles. The van der Waals surface area contributed by atoms with E-state index in [2.05, 4.69) is 46.4 Å². The van der Waals surface area contributed by atoms with Crippen molar-refractivity contribution in [3.8, 4) is 6.07 Å². The van der Waals surface area contributed by atoms with Gasteiger partial charge in [-0.2, -0.15) is 5.26 Å². The largest absolute Gasteiger partial charge is 0.306 e. The minimum absolute atomic E-state index is 0.240. The molecule has 3 heteroatoms. The Hall–Kier alpha value is -1.63. The molecule has 0 radical (unpaired) electrons. The van der Waals surface area contributed by atoms with Crippen molar-refractivity contribution in [2.45, 2.75) is 19.5 Å². The van der Waals surface area contributed by atoms with Gasteiger partial charge in [0.05, 0.1) is 11.6 Å². The molecule has 0 amide bonds. The van der Waals surface area contributed by atoms with Gasteiger partial charge >= 0.3 is 0 Å². The number of rotatable bonds is 4. The van der Waals surface area contributed by atoms with Gasteiger partial charge in [0.1, 0.15) is 0 Å². The van der Waals surface area contributed by atoms with Gasteiger partial charge in [0.2, 0.25) is 0 Å². The van der Waals surface area contributed by atoms with E-state index in [0.29, 0.717) is 6.54 Å². The van der Waals surface area contributed by atoms with E-state index in [1.165, 1.54) is 5.56 Å². The van der Waals surface area contributed by atoms with E-state index < -0.39 is 0 Å². The molecular weight excluding hydrogens is 300 g/mol. The molecule has 0 aromatic heterocycles. The average molecular weight is 315 g/mol. The Kier molecular flexibility index (Phi) is 4.73. The topological polar surface area (TPSA) is 35.8 Å². The van der Waals surface area contributed by atoms with Crippen LogP contribution in [0.1, 0.15) is 29.7 Å². The SMILES string of the molecule is C[C@H](NCc1ccccc1C#N)c1cccc(Br)c1. The minimum Gasteiger partial charge on any atom is -0.306 e. The predicted octanol–water partition coefficient (Wildman–Crippen LogP) is 4.17. The van der Waals surface area contributed by atoms with Crippen LogP contribution in [0.4, 0.5) is 0 Å². The smallest absolute Gasteiger partial charge is 0.0995 e. The number of nitriles is 1. The van der Waals surface area contributed by atoms with Crippen LogP contribution < -0.4 is 5.32 Å². The standard InChI is InChI=1S/C16H15BrN2/c1-12(13-7-4-8-16(17)9-13)19-11-15-6-3-2-5-14(15)10-18/h2-9,12,19H,11H2,1H3/t12-/m0/s1. The van der Waals surface area contributed by atoms with Crippen LogP contribution >= 0.6 is 15.9 Å². The van der Waals surface area contributed by atoms with Crippen molar-refractivity contribution in [2.24, 2.45) is 0 Å². The van der Waals surface area contributed by atoms with E-state index >= 15 is 0 Å². The van der Waals surface area contributed by atoms with Crippen LogP contribution in [-0.4, -0.2) is 0 Å². The van der Waals surface area contributed by atoms with Gasteiger partial charge in [-0.15, -0.1) is 0 Å². The lowest BCUT2D eigenvalue weighted by Gasteiger charge is -2.15. The second-order valence-electron chi connectivity index (χ2n) is 4.43. The molecule has 0 heterocycles. The first-order valence-electron chi connectivity index (χ1n) is 6.17. The van der Waals surface area contributed by atoms with Crippen molar-refractivity contribution < 1.29 is 0 Å². The summed E-state index contributed by atoms with van der Waals surface area (Å²) in [6.45, 7) is 2.81. The first-order valence-corrected chi connectivity index (χ1v) is 6.97. The Labute approximate surface area is 122 Å². The van der Waals surface area contributed by atoms with Gasteiger partial charge < -0.3 is 5.32 Å². The van der Waals surface area contributed by atoms with E-state index in [0.717, 1.165) is 15.6 Å². The maximum absolute atomic E-state index is 9.05. The lowest BCUT2D eigenvalue weighted by Crippen LogP contribution is -2.18. The van der Waals surface area contributed by atoms with Crippen LogP contribution in [0.5, 0.6) is 0 Å². The second kappa shape index (κ2) is 6.51. The van der Waals surface area contributed by atoms with Crippen LogP contribution in [0.25, 0.3) is 0 Å². The number of halogens is 1. The quantitative estimate of drug-likeness (QED) is 0.919. The van der Waals surface area contributed by atoms with E-state index in [9.17, 15) is 0 Å². The second-order valence-corrected chi connectivity index (χ2v) is 5.34. The van der Waals surface area contributed by atoms with Crippen LogP contribution in [0.3, 0.4) is 0 Å². The van der Waals surface area contributed by atoms with Crippen LogP contribution in [0.2, 0.25) is 0 Å². The molecule has 0 bridgehead atoms. The highest BCUT2D eigenvalue weighted by molar-refractivity contribution is 9.10. The maximum Gasteiger partial charge on any atom is 0.0995 e. The molecule has 0 fully saturated rings. The normalized spacial score (nSPS) is 11.8. The monoisotopic (exact) mass is 314 g/mol. The molecule has 1 N–H and O–H groups in total. The fourth-order valence-electron chi connectivity index (χ4n) is 1.94. The summed E-state index contributed by atoms with van der Waals surface area (Å²) in [4.78, 5) is 0. The Morgan fingerprint density at radius 2 is 2.00 bits per heavy atom. The van der Waals surface area contributed by atoms with Crippen molar-refractivity contribution in [1.82, 2.24) is 5.32 Å². The summed E-state index contributed by atoms with van der Waals surface area (Å²) < 4.78 is 1.08. The van der Waals surface area contributed by atoms with Gasteiger partial charge in [-0.25, -0.2) is 0 Å². The summed E-state index contributed by atoms with van der Waals surface area (Å²) >= 11 is 3.48. The third kappa shape index (κ3) is 3.66. The molecule has 1 atom stereocenters. The highest BCUT2D eigenvalue weighted by Gasteiger charge is 2.06. The first-order chi connectivity index (χ1) is 9.20. The summed E-state index contributed by atoms with van der Waals surface area (Å²) in [6.07, 6.45) is 0. The molecule has 0 saturated carbocycles. The zero-order chi connectivity index (χ0) is 13.7. The molecular formula is C16H15BrN2. The number of hydrogen-bond donors (Lipinski definition) is 1. The Morgan fingerprint density at radius 3 is 2.74 bits per heavy atom. The third-order valence-corrected chi connectivity index (χ3v) is 3.58. The van der Waals surface area contributed by atoms with E-state index in [-0.39, 0.29) is 6.04 Å². The molecule has 2 aromatic carbocycles. The van der Waals surface area contributed by atoms with Gasteiger partial charge in [0.15, 0.2) is 0 Å². The van der Waals surface area contributed by atoms with Crippen molar-refractivity contribution >= 4 is 15.9 Å². The van der Waals surface area contributed by atoms with E-state index in [4.69, 9.17) is 5.26 Å². The lowest BCUT2D eigenvalue weighted by molar-refractivity contribution is 0.574. The number of hydrogen-bond acceptors (Lipinski definition) is 2. The molecule has 96 valence electrons. The zero-order valence-corrected chi connectivity index (χ0v) is 12.3. The summed E-state index contributed by atoms with van der Waals surface area (Å²) in [7, 11) is 0. The van der Waals surface area contributed by atoms with Crippen molar-refractivity contribution in [1.29, 1.82) is 5.26 Å². The molecule has 2 nitrogen and oxygen atoms in total. The molecule has 0 unspecified atom stereocenters. The van der Waals surface area contributed by atoms with Crippen molar-refractivity contribution in [3.05, 3.63) is 69.7 Å². The van der Waals surface area contributed by atoms with Crippen molar-refractivity contribution in [3.63, 3.8) is 0 Å². The molecule has 2 rings (SSSR count). The number of nitrogens with zero attached hydrogens (tertiary/aromatic N) is 1. The third-order valence-electron chi connectivity index (χ3n) is 3.09. The summed E-state index contributed by atoms with van der Waals surface area (Å²) in [5.41, 5.74) is 2.99. The fourth-order valence-corrected chi connectivity index (χ4v) is 2.36. The van der Waals surface area contributed by atoms with Gasteiger partial charge in [-0.3, -0.25) is 0 Å². The summed E-state index contributed by atoms with van der Waals surface area (Å²) in [5, 5.41) is 12.5. The molecule has 0 aliphatic heterocycles. The summed E-state index contributed by atoms with van der Waals surface area (Å²) in [5.74, 6) is 0. The maximum atomic E-state index is 9.05. The van der Waals surface area contributed by atoms with Crippen molar-refractivity contribution in [2.75, 3.05) is 0 Å². The van der Waals surface area contributed by atoms with E-state index in [1.54, 1.807) is 0 Å². The highest BCUT2D eigenvalue weighted by Crippen LogP contribution is 2.18. The zero-order valence-electron chi connectivity index (χ0n) is 10.7. The number of nitrogens with one attached hydrogen (secondary N) is 1. The molecule has 0 spiro atoms. The molecule has 0 aliphatic rings. The molecule has 19 heavy (non-hydrogen) atoms. The average Bonchev–Trinajstić information content (AvgIpc) is 2.45. The van der Waals surface area contributed by atoms with Gasteiger partial charge in [-0.1, -0.05) is 46.3 Å². The minimum atomic E-state index is 0.240. The Morgan fingerprint density at radius 1 is 1.21 bits per heavy atom. The Bertz CT molecular complexity index is 602. The van der Waals surface area contributed by atoms with Gasteiger partial charge in [0, 0.05) is 17.1 Å². The van der Waals surface area contributed by atoms with Crippen LogP contribution in [0.15, 0.2) is 53.0 Å². The first kappa shape index (κ1) is 13.8. The number of benzene rings is 2. The fraction of sp³-hybridized carbons (Fsp3) is 0.188. The van der Waals surface area contributed by atoms with Gasteiger partial charge in [-0.05, 0) is 36.2 Å². The highest BCUT2D eigenvalue weighted by atomic mass is 79.9. The Balaban J connectivity index is 2.05. The van der Waals surface area contributed by atoms with Gasteiger partial charge in [0.25, 0.3) is 0 Å². The lowest BCUT2D eigenvalue weighted by atomic mass is 10.1. The van der Waals surface area contributed by atoms with Crippen LogP contribution in [0, 0.1) is 11.3 Å². The van der Waals surface area contributed by atoms with E-state index in [1.807, 2.05) is 36.4 Å². The summed E-state index contributed by atoms with van der Waals surface area (Å²) in [6, 6.07) is 18.4. The molecule has 0 aliphatic carbocycles.